The zero-order chi connectivity index (χ0) is 12.8. The average molecular weight is 249 g/mol. The van der Waals surface area contributed by atoms with Crippen molar-refractivity contribution in [3.63, 3.8) is 0 Å². The maximum atomic E-state index is 11.9. The highest BCUT2D eigenvalue weighted by atomic mass is 16.5. The van der Waals surface area contributed by atoms with Gasteiger partial charge < -0.3 is 15.2 Å². The van der Waals surface area contributed by atoms with Gasteiger partial charge in [-0.05, 0) is 30.9 Å². The van der Waals surface area contributed by atoms with Crippen LogP contribution in [0.4, 0.5) is 0 Å². The molecule has 18 heavy (non-hydrogen) atoms. The monoisotopic (exact) mass is 249 g/mol. The van der Waals surface area contributed by atoms with E-state index >= 15 is 0 Å². The molecule has 0 aliphatic carbocycles. The molecule has 1 aliphatic heterocycles. The van der Waals surface area contributed by atoms with E-state index in [2.05, 4.69) is 5.32 Å². The molecule has 2 rings (SSSR count). The van der Waals surface area contributed by atoms with Gasteiger partial charge in [0.05, 0.1) is 0 Å². The minimum absolute atomic E-state index is 0.0461. The predicted octanol–water partition coefficient (Wildman–Crippen LogP) is 1.27. The molecule has 0 saturated carbocycles. The van der Waals surface area contributed by atoms with Gasteiger partial charge in [0.1, 0.15) is 5.75 Å². The number of fused-ring (bicyclic) bond motifs is 1. The summed E-state index contributed by atoms with van der Waals surface area (Å²) >= 11 is 0. The van der Waals surface area contributed by atoms with Gasteiger partial charge in [0, 0.05) is 19.6 Å². The standard InChI is InChI=1S/C14H19NO3/c16-9-5-1-4-8-15-14(17)13-10-11-6-2-3-7-12(11)18-13/h2-3,6-7,13,16H,1,4-5,8-10H2,(H,15,17). The van der Waals surface area contributed by atoms with Gasteiger partial charge >= 0.3 is 0 Å². The van der Waals surface area contributed by atoms with Crippen molar-refractivity contribution in [1.82, 2.24) is 5.32 Å². The van der Waals surface area contributed by atoms with E-state index in [1.54, 1.807) is 0 Å². The van der Waals surface area contributed by atoms with E-state index < -0.39 is 0 Å². The van der Waals surface area contributed by atoms with Crippen molar-refractivity contribution in [3.8, 4) is 5.75 Å². The summed E-state index contributed by atoms with van der Waals surface area (Å²) in [5, 5.41) is 11.5. The summed E-state index contributed by atoms with van der Waals surface area (Å²) in [5.41, 5.74) is 1.10. The summed E-state index contributed by atoms with van der Waals surface area (Å²) in [4.78, 5) is 11.9. The first kappa shape index (κ1) is 12.9. The maximum absolute atomic E-state index is 11.9. The number of ether oxygens (including phenoxy) is 1. The van der Waals surface area contributed by atoms with E-state index in [4.69, 9.17) is 9.84 Å². The minimum atomic E-state index is -0.389. The zero-order valence-corrected chi connectivity index (χ0v) is 10.4. The molecule has 0 saturated heterocycles. The Morgan fingerprint density at radius 1 is 1.33 bits per heavy atom. The Bertz CT molecular complexity index is 381. The lowest BCUT2D eigenvalue weighted by Gasteiger charge is -2.11. The number of hydrogen-bond acceptors (Lipinski definition) is 3. The van der Waals surface area contributed by atoms with Crippen LogP contribution >= 0.6 is 0 Å². The fourth-order valence-corrected chi connectivity index (χ4v) is 2.07. The van der Waals surface area contributed by atoms with E-state index in [9.17, 15) is 4.79 Å². The fraction of sp³-hybridized carbons (Fsp3) is 0.500. The highest BCUT2D eigenvalue weighted by Crippen LogP contribution is 2.27. The molecule has 1 unspecified atom stereocenters. The maximum Gasteiger partial charge on any atom is 0.261 e. The number of aliphatic hydroxyl groups excluding tert-OH is 1. The number of carbonyl (C=O) groups is 1. The van der Waals surface area contributed by atoms with E-state index in [1.165, 1.54) is 0 Å². The molecule has 0 fully saturated rings. The average Bonchev–Trinajstić information content (AvgIpc) is 2.82. The third-order valence-corrected chi connectivity index (χ3v) is 3.07. The molecular formula is C14H19NO3. The van der Waals surface area contributed by atoms with Crippen LogP contribution in [0.15, 0.2) is 24.3 Å². The highest BCUT2D eigenvalue weighted by Gasteiger charge is 2.28. The Kier molecular flexibility index (Phi) is 4.59. The second-order valence-corrected chi connectivity index (χ2v) is 4.49. The summed E-state index contributed by atoms with van der Waals surface area (Å²) in [7, 11) is 0. The molecule has 4 heteroatoms. The Morgan fingerprint density at radius 2 is 2.17 bits per heavy atom. The number of unbranched alkanes of at least 4 members (excludes halogenated alkanes) is 2. The second-order valence-electron chi connectivity index (χ2n) is 4.49. The molecular weight excluding hydrogens is 230 g/mol. The first-order valence-corrected chi connectivity index (χ1v) is 6.44. The van der Waals surface area contributed by atoms with Crippen LogP contribution in [-0.4, -0.2) is 30.3 Å². The molecule has 1 heterocycles. The van der Waals surface area contributed by atoms with Crippen LogP contribution in [0.1, 0.15) is 24.8 Å². The molecule has 0 bridgehead atoms. The number of aliphatic hydroxyl groups is 1. The van der Waals surface area contributed by atoms with Crippen molar-refractivity contribution in [2.45, 2.75) is 31.8 Å². The summed E-state index contributed by atoms with van der Waals surface area (Å²) in [5.74, 6) is 0.771. The highest BCUT2D eigenvalue weighted by molar-refractivity contribution is 5.82. The first-order chi connectivity index (χ1) is 8.81. The molecule has 98 valence electrons. The van der Waals surface area contributed by atoms with Gasteiger partial charge in [-0.3, -0.25) is 4.79 Å². The van der Waals surface area contributed by atoms with Crippen LogP contribution in [0.25, 0.3) is 0 Å². The largest absolute Gasteiger partial charge is 0.480 e. The first-order valence-electron chi connectivity index (χ1n) is 6.44. The van der Waals surface area contributed by atoms with Crippen LogP contribution < -0.4 is 10.1 Å². The molecule has 0 radical (unpaired) electrons. The van der Waals surface area contributed by atoms with Gasteiger partial charge in [-0.25, -0.2) is 0 Å². The molecule has 1 atom stereocenters. The fourth-order valence-electron chi connectivity index (χ4n) is 2.07. The van der Waals surface area contributed by atoms with E-state index in [0.717, 1.165) is 30.6 Å². The van der Waals surface area contributed by atoms with Gasteiger partial charge in [0.25, 0.3) is 5.91 Å². The zero-order valence-electron chi connectivity index (χ0n) is 10.4. The molecule has 1 aliphatic rings. The number of nitrogens with one attached hydrogen (secondary N) is 1. The number of carbonyl (C=O) groups excluding carboxylic acids is 1. The van der Waals surface area contributed by atoms with E-state index in [-0.39, 0.29) is 18.6 Å². The number of rotatable bonds is 6. The normalized spacial score (nSPS) is 17.1. The second kappa shape index (κ2) is 6.40. The van der Waals surface area contributed by atoms with Gasteiger partial charge in [0.15, 0.2) is 6.10 Å². The lowest BCUT2D eigenvalue weighted by Crippen LogP contribution is -2.37. The number of benzene rings is 1. The quantitative estimate of drug-likeness (QED) is 0.746. The number of hydrogen-bond donors (Lipinski definition) is 2. The smallest absolute Gasteiger partial charge is 0.261 e. The molecule has 1 amide bonds. The van der Waals surface area contributed by atoms with Crippen molar-refractivity contribution < 1.29 is 14.6 Å². The van der Waals surface area contributed by atoms with Crippen molar-refractivity contribution in [2.75, 3.05) is 13.2 Å². The number of amides is 1. The summed E-state index contributed by atoms with van der Waals surface area (Å²) in [6, 6.07) is 7.75. The molecule has 0 aromatic heterocycles. The lowest BCUT2D eigenvalue weighted by molar-refractivity contribution is -0.127. The van der Waals surface area contributed by atoms with Crippen LogP contribution in [0.5, 0.6) is 5.75 Å². The Hall–Kier alpha value is -1.55. The van der Waals surface area contributed by atoms with Crippen molar-refractivity contribution in [3.05, 3.63) is 29.8 Å². The summed E-state index contributed by atoms with van der Waals surface area (Å²) in [6.07, 6.45) is 2.88. The molecule has 0 spiro atoms. The van der Waals surface area contributed by atoms with Gasteiger partial charge in [0.2, 0.25) is 0 Å². The summed E-state index contributed by atoms with van der Waals surface area (Å²) in [6.45, 7) is 0.865. The van der Waals surface area contributed by atoms with E-state index in [1.807, 2.05) is 24.3 Å². The molecule has 4 nitrogen and oxygen atoms in total. The van der Waals surface area contributed by atoms with Crippen molar-refractivity contribution >= 4 is 5.91 Å². The third-order valence-electron chi connectivity index (χ3n) is 3.07. The topological polar surface area (TPSA) is 58.6 Å². The van der Waals surface area contributed by atoms with Crippen LogP contribution in [0.2, 0.25) is 0 Å². The van der Waals surface area contributed by atoms with Gasteiger partial charge in [-0.1, -0.05) is 18.2 Å². The molecule has 1 aromatic rings. The van der Waals surface area contributed by atoms with Crippen LogP contribution in [-0.2, 0) is 11.2 Å². The number of para-hydroxylation sites is 1. The Morgan fingerprint density at radius 3 is 2.94 bits per heavy atom. The van der Waals surface area contributed by atoms with Crippen LogP contribution in [0, 0.1) is 0 Å². The molecule has 1 aromatic carbocycles. The SMILES string of the molecule is O=C(NCCCCCO)C1Cc2ccccc2O1. The third kappa shape index (κ3) is 3.23. The Balaban J connectivity index is 1.72. The predicted molar refractivity (Wildman–Crippen MR) is 68.5 cm³/mol. The van der Waals surface area contributed by atoms with Crippen LogP contribution in [0.3, 0.4) is 0 Å². The Labute approximate surface area is 107 Å². The van der Waals surface area contributed by atoms with Crippen molar-refractivity contribution in [1.29, 1.82) is 0 Å². The van der Waals surface area contributed by atoms with Gasteiger partial charge in [-0.15, -0.1) is 0 Å². The minimum Gasteiger partial charge on any atom is -0.480 e. The van der Waals surface area contributed by atoms with Crippen molar-refractivity contribution in [2.24, 2.45) is 0 Å². The lowest BCUT2D eigenvalue weighted by atomic mass is 10.1. The summed E-state index contributed by atoms with van der Waals surface area (Å²) < 4.78 is 5.59. The van der Waals surface area contributed by atoms with Gasteiger partial charge in [-0.2, -0.15) is 0 Å². The molecule has 2 N–H and O–H groups in total. The van der Waals surface area contributed by atoms with E-state index in [0.29, 0.717) is 13.0 Å².